The Bertz CT molecular complexity index is 455. The predicted molar refractivity (Wildman–Crippen MR) is 68.9 cm³/mol. The van der Waals surface area contributed by atoms with E-state index < -0.39 is 17.5 Å². The second-order valence-electron chi connectivity index (χ2n) is 5.40. The molecule has 1 aromatic rings. The van der Waals surface area contributed by atoms with Gasteiger partial charge in [-0.15, -0.1) is 0 Å². The van der Waals surface area contributed by atoms with Crippen molar-refractivity contribution in [1.82, 2.24) is 5.32 Å². The van der Waals surface area contributed by atoms with Crippen LogP contribution in [-0.2, 0) is 4.74 Å². The fourth-order valence-electron chi connectivity index (χ4n) is 1.70. The number of ether oxygens (including phenoxy) is 1. The van der Waals surface area contributed by atoms with E-state index in [1.54, 1.807) is 7.11 Å². The zero-order valence-corrected chi connectivity index (χ0v) is 11.6. The molecule has 0 saturated heterocycles. The third kappa shape index (κ3) is 3.99. The number of hydrogen-bond acceptors (Lipinski definition) is 2. The van der Waals surface area contributed by atoms with Gasteiger partial charge < -0.3 is 10.1 Å². The number of benzene rings is 1. The van der Waals surface area contributed by atoms with Crippen LogP contribution in [0.2, 0.25) is 0 Å². The molecule has 0 bridgehead atoms. The number of carbonyl (C=O) groups is 1. The smallest absolute Gasteiger partial charge is 0.254 e. The van der Waals surface area contributed by atoms with E-state index in [-0.39, 0.29) is 23.6 Å². The Hall–Kier alpha value is -1.49. The van der Waals surface area contributed by atoms with Crippen LogP contribution in [0.3, 0.4) is 0 Å². The lowest BCUT2D eigenvalue weighted by Crippen LogP contribution is -2.40. The van der Waals surface area contributed by atoms with E-state index in [0.717, 1.165) is 6.07 Å². The van der Waals surface area contributed by atoms with Crippen molar-refractivity contribution in [3.8, 4) is 0 Å². The summed E-state index contributed by atoms with van der Waals surface area (Å²) in [7, 11) is 1.55. The Morgan fingerprint density at radius 2 is 2.00 bits per heavy atom. The maximum atomic E-state index is 13.4. The number of hydrogen-bond donors (Lipinski definition) is 1. The van der Waals surface area contributed by atoms with Gasteiger partial charge in [0.15, 0.2) is 11.6 Å². The van der Waals surface area contributed by atoms with Gasteiger partial charge in [-0.3, -0.25) is 4.79 Å². The SMILES string of the molecule is COC(CNC(=O)c1cccc(F)c1F)C(C)(C)C. The first-order valence-electron chi connectivity index (χ1n) is 6.02. The molecule has 0 fully saturated rings. The summed E-state index contributed by atoms with van der Waals surface area (Å²) in [5, 5.41) is 2.55. The van der Waals surface area contributed by atoms with Gasteiger partial charge in [0.05, 0.1) is 11.7 Å². The number of amides is 1. The molecule has 0 aromatic heterocycles. The molecule has 0 saturated carbocycles. The number of carbonyl (C=O) groups excluding carboxylic acids is 1. The largest absolute Gasteiger partial charge is 0.379 e. The summed E-state index contributed by atoms with van der Waals surface area (Å²) >= 11 is 0. The van der Waals surface area contributed by atoms with E-state index in [1.807, 2.05) is 20.8 Å². The lowest BCUT2D eigenvalue weighted by molar-refractivity contribution is 0.0175. The highest BCUT2D eigenvalue weighted by Gasteiger charge is 2.25. The van der Waals surface area contributed by atoms with Crippen molar-refractivity contribution < 1.29 is 18.3 Å². The molecule has 5 heteroatoms. The van der Waals surface area contributed by atoms with Gasteiger partial charge in [0, 0.05) is 13.7 Å². The molecule has 0 heterocycles. The van der Waals surface area contributed by atoms with Crippen molar-refractivity contribution in [3.05, 3.63) is 35.4 Å². The fraction of sp³-hybridized carbons (Fsp3) is 0.500. The van der Waals surface area contributed by atoms with Crippen molar-refractivity contribution in [2.24, 2.45) is 5.41 Å². The Kier molecular flexibility index (Phi) is 5.00. The quantitative estimate of drug-likeness (QED) is 0.914. The van der Waals surface area contributed by atoms with E-state index in [1.165, 1.54) is 12.1 Å². The van der Waals surface area contributed by atoms with Crippen LogP contribution in [0.15, 0.2) is 18.2 Å². The number of halogens is 2. The minimum absolute atomic E-state index is 0.164. The van der Waals surface area contributed by atoms with Gasteiger partial charge in [-0.05, 0) is 17.5 Å². The summed E-state index contributed by atoms with van der Waals surface area (Å²) in [6.45, 7) is 6.14. The highest BCUT2D eigenvalue weighted by molar-refractivity contribution is 5.94. The first-order valence-corrected chi connectivity index (χ1v) is 6.02. The summed E-state index contributed by atoms with van der Waals surface area (Å²) in [6, 6.07) is 3.51. The molecule has 0 aliphatic rings. The first-order chi connectivity index (χ1) is 8.77. The summed E-state index contributed by atoms with van der Waals surface area (Å²) in [4.78, 5) is 11.8. The molecule has 0 spiro atoms. The van der Waals surface area contributed by atoms with Crippen LogP contribution in [0.4, 0.5) is 8.78 Å². The van der Waals surface area contributed by atoms with Crippen LogP contribution in [0.1, 0.15) is 31.1 Å². The van der Waals surface area contributed by atoms with Crippen molar-refractivity contribution in [2.75, 3.05) is 13.7 Å². The van der Waals surface area contributed by atoms with Crippen molar-refractivity contribution in [3.63, 3.8) is 0 Å². The summed E-state index contributed by atoms with van der Waals surface area (Å²) in [6.07, 6.45) is -0.215. The van der Waals surface area contributed by atoms with Gasteiger partial charge in [0.25, 0.3) is 5.91 Å². The number of nitrogens with one attached hydrogen (secondary N) is 1. The summed E-state index contributed by atoms with van der Waals surface area (Å²) in [5.41, 5.74) is -0.466. The standard InChI is InChI=1S/C14H19F2NO2/c1-14(2,3)11(19-4)8-17-13(18)9-6-5-7-10(15)12(9)16/h5-7,11H,8H2,1-4H3,(H,17,18). The normalized spacial score (nSPS) is 13.2. The molecular formula is C14H19F2NO2. The zero-order chi connectivity index (χ0) is 14.6. The maximum Gasteiger partial charge on any atom is 0.254 e. The topological polar surface area (TPSA) is 38.3 Å². The highest BCUT2D eigenvalue weighted by Crippen LogP contribution is 2.21. The lowest BCUT2D eigenvalue weighted by atomic mass is 9.89. The molecule has 1 aromatic carbocycles. The summed E-state index contributed by atoms with van der Waals surface area (Å²) in [5.74, 6) is -2.82. The molecular weight excluding hydrogens is 252 g/mol. The monoisotopic (exact) mass is 271 g/mol. The van der Waals surface area contributed by atoms with Gasteiger partial charge in [0.1, 0.15) is 0 Å². The van der Waals surface area contributed by atoms with Gasteiger partial charge in [-0.1, -0.05) is 26.8 Å². The molecule has 1 rings (SSSR count). The van der Waals surface area contributed by atoms with E-state index in [9.17, 15) is 13.6 Å². The predicted octanol–water partition coefficient (Wildman–Crippen LogP) is 2.76. The average molecular weight is 271 g/mol. The minimum Gasteiger partial charge on any atom is -0.379 e. The van der Waals surface area contributed by atoms with E-state index in [0.29, 0.717) is 0 Å². The molecule has 19 heavy (non-hydrogen) atoms. The second-order valence-corrected chi connectivity index (χ2v) is 5.40. The fourth-order valence-corrected chi connectivity index (χ4v) is 1.70. The molecule has 0 aliphatic carbocycles. The van der Waals surface area contributed by atoms with Gasteiger partial charge in [-0.2, -0.15) is 0 Å². The van der Waals surface area contributed by atoms with Crippen molar-refractivity contribution in [1.29, 1.82) is 0 Å². The molecule has 1 atom stereocenters. The van der Waals surface area contributed by atoms with E-state index in [2.05, 4.69) is 5.32 Å². The van der Waals surface area contributed by atoms with E-state index >= 15 is 0 Å². The Labute approximate surface area is 112 Å². The third-order valence-corrected chi connectivity index (χ3v) is 2.89. The Balaban J connectivity index is 2.73. The summed E-state index contributed by atoms with van der Waals surface area (Å²) < 4.78 is 31.7. The Morgan fingerprint density at radius 3 is 2.53 bits per heavy atom. The van der Waals surface area contributed by atoms with Crippen LogP contribution in [0, 0.1) is 17.0 Å². The van der Waals surface area contributed by atoms with Crippen molar-refractivity contribution >= 4 is 5.91 Å². The van der Waals surface area contributed by atoms with Gasteiger partial charge in [-0.25, -0.2) is 8.78 Å². The number of methoxy groups -OCH3 is 1. The van der Waals surface area contributed by atoms with Gasteiger partial charge >= 0.3 is 0 Å². The van der Waals surface area contributed by atoms with Crippen LogP contribution >= 0.6 is 0 Å². The maximum absolute atomic E-state index is 13.4. The highest BCUT2D eigenvalue weighted by atomic mass is 19.2. The van der Waals surface area contributed by atoms with Crippen LogP contribution in [0.5, 0.6) is 0 Å². The number of rotatable bonds is 4. The van der Waals surface area contributed by atoms with Crippen LogP contribution < -0.4 is 5.32 Å². The molecule has 1 N–H and O–H groups in total. The lowest BCUT2D eigenvalue weighted by Gasteiger charge is -2.29. The van der Waals surface area contributed by atoms with Gasteiger partial charge in [0.2, 0.25) is 0 Å². The van der Waals surface area contributed by atoms with Crippen LogP contribution in [-0.4, -0.2) is 25.7 Å². The molecule has 0 radical (unpaired) electrons. The average Bonchev–Trinajstić information content (AvgIpc) is 2.31. The van der Waals surface area contributed by atoms with E-state index in [4.69, 9.17) is 4.74 Å². The molecule has 0 aliphatic heterocycles. The van der Waals surface area contributed by atoms with Crippen molar-refractivity contribution in [2.45, 2.75) is 26.9 Å². The minimum atomic E-state index is -1.13. The molecule has 1 unspecified atom stereocenters. The molecule has 106 valence electrons. The van der Waals surface area contributed by atoms with Crippen LogP contribution in [0.25, 0.3) is 0 Å². The second kappa shape index (κ2) is 6.10. The molecule has 3 nitrogen and oxygen atoms in total. The Morgan fingerprint density at radius 1 is 1.37 bits per heavy atom. The third-order valence-electron chi connectivity index (χ3n) is 2.89. The molecule has 1 amide bonds. The first kappa shape index (κ1) is 15.6. The zero-order valence-electron chi connectivity index (χ0n) is 11.6.